The Labute approximate surface area is 153 Å². The van der Waals surface area contributed by atoms with Gasteiger partial charge >= 0.3 is 0 Å². The van der Waals surface area contributed by atoms with Crippen LogP contribution in [0.15, 0.2) is 72.2 Å². The predicted molar refractivity (Wildman–Crippen MR) is 98.1 cm³/mol. The molecule has 0 atom stereocenters. The predicted octanol–water partition coefficient (Wildman–Crippen LogP) is 1.40. The summed E-state index contributed by atoms with van der Waals surface area (Å²) in [7, 11) is 1.75. The second-order valence-corrected chi connectivity index (χ2v) is 5.81. The molecule has 0 spiro atoms. The molecule has 134 valence electrons. The fraction of sp³-hybridized carbons (Fsp3) is 0.0556. The maximum atomic E-state index is 12.7. The number of rotatable bonds is 4. The normalized spacial score (nSPS) is 10.7. The van der Waals surface area contributed by atoms with E-state index in [-0.39, 0.29) is 11.5 Å². The quantitative estimate of drug-likeness (QED) is 0.592. The molecular weight excluding hydrogens is 346 g/mol. The number of anilines is 1. The van der Waals surface area contributed by atoms with Gasteiger partial charge < -0.3 is 0 Å². The fourth-order valence-corrected chi connectivity index (χ4v) is 2.63. The minimum absolute atomic E-state index is 0.257. The van der Waals surface area contributed by atoms with Crippen molar-refractivity contribution in [1.29, 1.82) is 0 Å². The molecule has 1 aromatic carbocycles. The van der Waals surface area contributed by atoms with Crippen molar-refractivity contribution in [2.24, 2.45) is 7.05 Å². The molecule has 3 heterocycles. The highest BCUT2D eigenvalue weighted by atomic mass is 16.2. The van der Waals surface area contributed by atoms with Gasteiger partial charge in [-0.3, -0.25) is 28.7 Å². The Balaban J connectivity index is 1.64. The van der Waals surface area contributed by atoms with E-state index in [4.69, 9.17) is 0 Å². The molecule has 4 rings (SSSR count). The zero-order chi connectivity index (χ0) is 18.8. The Bertz CT molecular complexity index is 1160. The van der Waals surface area contributed by atoms with Crippen LogP contribution in [-0.2, 0) is 7.05 Å². The van der Waals surface area contributed by atoms with Crippen LogP contribution in [0.1, 0.15) is 10.4 Å². The van der Waals surface area contributed by atoms with E-state index in [1.165, 1.54) is 29.2 Å². The second-order valence-electron chi connectivity index (χ2n) is 5.81. The molecule has 1 N–H and O–H groups in total. The monoisotopic (exact) mass is 361 g/mol. The van der Waals surface area contributed by atoms with Crippen molar-refractivity contribution in [3.8, 4) is 11.4 Å². The molecule has 0 unspecified atom stereocenters. The molecule has 0 bridgehead atoms. The number of nitrogens with one attached hydrogen (secondary N) is 1. The molecule has 9 heteroatoms. The number of aryl methyl sites for hydroxylation is 1. The molecule has 0 saturated carbocycles. The largest absolute Gasteiger partial charge is 0.290 e. The Kier molecular flexibility index (Phi) is 4.09. The van der Waals surface area contributed by atoms with Crippen LogP contribution in [0, 0.1) is 0 Å². The van der Waals surface area contributed by atoms with Gasteiger partial charge in [0.15, 0.2) is 0 Å². The van der Waals surface area contributed by atoms with E-state index in [1.807, 2.05) is 30.3 Å². The number of benzene rings is 1. The van der Waals surface area contributed by atoms with E-state index >= 15 is 0 Å². The average molecular weight is 361 g/mol. The molecule has 3 aromatic heterocycles. The van der Waals surface area contributed by atoms with Gasteiger partial charge in [-0.15, -0.1) is 10.2 Å². The molecule has 0 aliphatic rings. The summed E-state index contributed by atoms with van der Waals surface area (Å²) in [5.74, 6) is -0.122. The Hall–Kier alpha value is -4.01. The van der Waals surface area contributed by atoms with Gasteiger partial charge in [0.2, 0.25) is 5.95 Å². The number of carbonyl (C=O) groups excluding carboxylic acids is 1. The Morgan fingerprint density at radius 3 is 2.56 bits per heavy atom. The first-order chi connectivity index (χ1) is 13.1. The van der Waals surface area contributed by atoms with Gasteiger partial charge in [0, 0.05) is 25.5 Å². The smallest absolute Gasteiger partial charge is 0.259 e. The SMILES string of the molecule is Cn1cc(-n2cc(C(=O)Nc3nncn3-c3ccccc3)ccc2=O)cn1. The van der Waals surface area contributed by atoms with Crippen LogP contribution >= 0.6 is 0 Å². The molecule has 0 aliphatic carbocycles. The molecule has 0 aliphatic heterocycles. The van der Waals surface area contributed by atoms with E-state index in [2.05, 4.69) is 20.6 Å². The van der Waals surface area contributed by atoms with Crippen molar-refractivity contribution in [3.63, 3.8) is 0 Å². The first-order valence-electron chi connectivity index (χ1n) is 8.10. The lowest BCUT2D eigenvalue weighted by molar-refractivity contribution is 0.102. The summed E-state index contributed by atoms with van der Waals surface area (Å²) in [5, 5.41) is 14.6. The maximum Gasteiger partial charge on any atom is 0.259 e. The van der Waals surface area contributed by atoms with E-state index in [1.54, 1.807) is 28.7 Å². The summed E-state index contributed by atoms with van der Waals surface area (Å²) in [6.45, 7) is 0. The number of pyridine rings is 1. The Morgan fingerprint density at radius 2 is 1.81 bits per heavy atom. The van der Waals surface area contributed by atoms with Crippen molar-refractivity contribution in [3.05, 3.63) is 83.3 Å². The number of para-hydroxylation sites is 1. The Morgan fingerprint density at radius 1 is 1.00 bits per heavy atom. The molecule has 1 amide bonds. The minimum atomic E-state index is -0.405. The highest BCUT2D eigenvalue weighted by molar-refractivity contribution is 6.03. The highest BCUT2D eigenvalue weighted by Crippen LogP contribution is 2.14. The number of nitrogens with zero attached hydrogens (tertiary/aromatic N) is 6. The van der Waals surface area contributed by atoms with E-state index < -0.39 is 5.91 Å². The van der Waals surface area contributed by atoms with Gasteiger partial charge in [0.05, 0.1) is 23.1 Å². The van der Waals surface area contributed by atoms with Crippen LogP contribution in [0.25, 0.3) is 11.4 Å². The number of aromatic nitrogens is 6. The van der Waals surface area contributed by atoms with Crippen molar-refractivity contribution in [2.75, 3.05) is 5.32 Å². The standard InChI is InChI=1S/C18H15N7O2/c1-23-11-15(9-20-23)24-10-13(7-8-16(24)26)17(27)21-18-22-19-12-25(18)14-5-3-2-4-6-14/h2-12H,1H3,(H,21,22,27). The third-order valence-corrected chi connectivity index (χ3v) is 3.95. The van der Waals surface area contributed by atoms with Crippen LogP contribution in [0.5, 0.6) is 0 Å². The summed E-state index contributed by atoms with van der Waals surface area (Å²) < 4.78 is 4.61. The van der Waals surface area contributed by atoms with Crippen LogP contribution in [0.3, 0.4) is 0 Å². The highest BCUT2D eigenvalue weighted by Gasteiger charge is 2.14. The summed E-state index contributed by atoms with van der Waals surface area (Å²) in [6.07, 6.45) is 6.23. The van der Waals surface area contributed by atoms with Gasteiger partial charge in [-0.25, -0.2) is 0 Å². The molecule has 4 aromatic rings. The van der Waals surface area contributed by atoms with Crippen molar-refractivity contribution >= 4 is 11.9 Å². The van der Waals surface area contributed by atoms with Gasteiger partial charge in [0.25, 0.3) is 11.5 Å². The first kappa shape index (κ1) is 16.5. The van der Waals surface area contributed by atoms with Crippen molar-refractivity contribution < 1.29 is 4.79 Å². The topological polar surface area (TPSA) is 99.6 Å². The van der Waals surface area contributed by atoms with E-state index in [9.17, 15) is 9.59 Å². The minimum Gasteiger partial charge on any atom is -0.290 e. The molecule has 0 saturated heterocycles. The van der Waals surface area contributed by atoms with Crippen LogP contribution in [-0.4, -0.2) is 35.0 Å². The first-order valence-corrected chi connectivity index (χ1v) is 8.10. The molecule has 27 heavy (non-hydrogen) atoms. The zero-order valence-corrected chi connectivity index (χ0v) is 14.4. The lowest BCUT2D eigenvalue weighted by Gasteiger charge is -2.09. The molecule has 0 radical (unpaired) electrons. The molecule has 0 fully saturated rings. The lowest BCUT2D eigenvalue weighted by Crippen LogP contribution is -2.21. The fourth-order valence-electron chi connectivity index (χ4n) is 2.63. The van der Waals surface area contributed by atoms with Crippen molar-refractivity contribution in [2.45, 2.75) is 0 Å². The lowest BCUT2D eigenvalue weighted by atomic mass is 10.2. The van der Waals surface area contributed by atoms with E-state index in [0.29, 0.717) is 11.3 Å². The van der Waals surface area contributed by atoms with Gasteiger partial charge in [-0.2, -0.15) is 5.10 Å². The van der Waals surface area contributed by atoms with Gasteiger partial charge in [-0.1, -0.05) is 18.2 Å². The summed E-state index contributed by atoms with van der Waals surface area (Å²) in [4.78, 5) is 24.8. The van der Waals surface area contributed by atoms with Crippen LogP contribution in [0.2, 0.25) is 0 Å². The number of amides is 1. The van der Waals surface area contributed by atoms with Gasteiger partial charge in [0.1, 0.15) is 6.33 Å². The third-order valence-electron chi connectivity index (χ3n) is 3.95. The van der Waals surface area contributed by atoms with E-state index in [0.717, 1.165) is 5.69 Å². The summed E-state index contributed by atoms with van der Waals surface area (Å²) >= 11 is 0. The van der Waals surface area contributed by atoms with Crippen LogP contribution < -0.4 is 10.9 Å². The summed E-state index contributed by atoms with van der Waals surface area (Å²) in [5.41, 5.74) is 1.44. The van der Waals surface area contributed by atoms with Crippen LogP contribution in [0.4, 0.5) is 5.95 Å². The summed E-state index contributed by atoms with van der Waals surface area (Å²) in [6, 6.07) is 12.2. The van der Waals surface area contributed by atoms with Gasteiger partial charge in [-0.05, 0) is 18.2 Å². The van der Waals surface area contributed by atoms with Crippen molar-refractivity contribution in [1.82, 2.24) is 29.1 Å². The molecular formula is C18H15N7O2. The zero-order valence-electron chi connectivity index (χ0n) is 14.4. The number of hydrogen-bond acceptors (Lipinski definition) is 5. The number of carbonyl (C=O) groups is 1. The maximum absolute atomic E-state index is 12.7. The second kappa shape index (κ2) is 6.71. The number of hydrogen-bond donors (Lipinski definition) is 1. The third kappa shape index (κ3) is 3.25. The molecule has 9 nitrogen and oxygen atoms in total. The average Bonchev–Trinajstić information content (AvgIpc) is 3.32.